The summed E-state index contributed by atoms with van der Waals surface area (Å²) in [6.45, 7) is 9.79. The molecule has 0 radical (unpaired) electrons. The van der Waals surface area contributed by atoms with Gasteiger partial charge >= 0.3 is 6.09 Å². The van der Waals surface area contributed by atoms with Crippen LogP contribution in [0.1, 0.15) is 34.6 Å². The van der Waals surface area contributed by atoms with Crippen molar-refractivity contribution in [1.29, 1.82) is 0 Å². The van der Waals surface area contributed by atoms with E-state index in [1.807, 2.05) is 34.6 Å². The number of hydrogen-bond acceptors (Lipinski definition) is 4. The maximum atomic E-state index is 11.6. The number of carbonyl (C=O) groups excluding carboxylic acids is 1. The van der Waals surface area contributed by atoms with Gasteiger partial charge in [-0.3, -0.25) is 4.68 Å². The second-order valence-corrected chi connectivity index (χ2v) is 5.89. The first-order valence-electron chi connectivity index (χ1n) is 5.88. The van der Waals surface area contributed by atoms with E-state index in [4.69, 9.17) is 10.5 Å². The Kier molecular flexibility index (Phi) is 3.88. The number of carbonyl (C=O) groups is 1. The van der Waals surface area contributed by atoms with Crippen LogP contribution in [-0.4, -0.2) is 28.0 Å². The van der Waals surface area contributed by atoms with Crippen LogP contribution in [0.15, 0.2) is 12.4 Å². The maximum absolute atomic E-state index is 11.6. The Morgan fingerprint density at radius 1 is 1.44 bits per heavy atom. The van der Waals surface area contributed by atoms with Gasteiger partial charge in [-0.15, -0.1) is 0 Å². The minimum absolute atomic E-state index is 0.367. The van der Waals surface area contributed by atoms with E-state index in [1.165, 1.54) is 0 Å². The van der Waals surface area contributed by atoms with E-state index in [1.54, 1.807) is 17.1 Å². The maximum Gasteiger partial charge on any atom is 0.407 e. The summed E-state index contributed by atoms with van der Waals surface area (Å²) < 4.78 is 6.89. The summed E-state index contributed by atoms with van der Waals surface area (Å²) in [5, 5.41) is 6.86. The molecule has 0 unspecified atom stereocenters. The SMILES string of the molecule is CC(C)(C)OC(=O)NCC(C)(C)n1cc(N)cn1. The molecule has 0 aliphatic rings. The quantitative estimate of drug-likeness (QED) is 0.860. The molecule has 3 N–H and O–H groups in total. The van der Waals surface area contributed by atoms with Gasteiger partial charge in [0.1, 0.15) is 5.60 Å². The summed E-state index contributed by atoms with van der Waals surface area (Å²) >= 11 is 0. The van der Waals surface area contributed by atoms with Crippen LogP contribution in [0.5, 0.6) is 0 Å². The van der Waals surface area contributed by atoms with Crippen LogP contribution in [0, 0.1) is 0 Å². The molecule has 18 heavy (non-hydrogen) atoms. The third-order valence-corrected chi connectivity index (χ3v) is 2.29. The van der Waals surface area contributed by atoms with Gasteiger partial charge in [0.15, 0.2) is 0 Å². The van der Waals surface area contributed by atoms with E-state index in [0.717, 1.165) is 0 Å². The summed E-state index contributed by atoms with van der Waals surface area (Å²) in [6.07, 6.45) is 2.88. The molecule has 0 fully saturated rings. The van der Waals surface area contributed by atoms with Gasteiger partial charge in [-0.25, -0.2) is 4.79 Å². The van der Waals surface area contributed by atoms with Gasteiger partial charge in [0, 0.05) is 12.7 Å². The van der Waals surface area contributed by atoms with Crippen LogP contribution >= 0.6 is 0 Å². The van der Waals surface area contributed by atoms with Crippen molar-refractivity contribution in [1.82, 2.24) is 15.1 Å². The molecule has 1 aromatic rings. The molecule has 0 saturated carbocycles. The highest BCUT2D eigenvalue weighted by Gasteiger charge is 2.23. The van der Waals surface area contributed by atoms with Crippen LogP contribution in [-0.2, 0) is 10.3 Å². The average Bonchev–Trinajstić information content (AvgIpc) is 2.60. The van der Waals surface area contributed by atoms with E-state index < -0.39 is 11.7 Å². The lowest BCUT2D eigenvalue weighted by Gasteiger charge is -2.27. The highest BCUT2D eigenvalue weighted by Crippen LogP contribution is 2.15. The minimum atomic E-state index is -0.496. The molecule has 0 aromatic carbocycles. The number of nitrogen functional groups attached to an aromatic ring is 1. The summed E-state index contributed by atoms with van der Waals surface area (Å²) in [5.74, 6) is 0. The van der Waals surface area contributed by atoms with E-state index in [2.05, 4.69) is 10.4 Å². The molecule has 0 aliphatic carbocycles. The Morgan fingerprint density at radius 2 is 2.06 bits per heavy atom. The summed E-state index contributed by atoms with van der Waals surface area (Å²) in [5.41, 5.74) is 5.35. The van der Waals surface area contributed by atoms with E-state index in [0.29, 0.717) is 12.2 Å². The van der Waals surface area contributed by atoms with Crippen molar-refractivity contribution in [3.05, 3.63) is 12.4 Å². The van der Waals surface area contributed by atoms with Gasteiger partial charge in [0.05, 0.1) is 17.4 Å². The standard InChI is InChI=1S/C12H22N4O2/c1-11(2,3)18-10(17)14-8-12(4,5)16-7-9(13)6-15-16/h6-7H,8,13H2,1-5H3,(H,14,17). The Labute approximate surface area is 107 Å². The normalized spacial score (nSPS) is 12.3. The molecular formula is C12H22N4O2. The number of nitrogens with one attached hydrogen (secondary N) is 1. The smallest absolute Gasteiger partial charge is 0.407 e. The van der Waals surface area contributed by atoms with Crippen molar-refractivity contribution in [2.24, 2.45) is 0 Å². The van der Waals surface area contributed by atoms with Crippen LogP contribution in [0.25, 0.3) is 0 Å². The molecule has 102 valence electrons. The number of rotatable bonds is 3. The molecule has 0 bridgehead atoms. The second-order valence-electron chi connectivity index (χ2n) is 5.89. The summed E-state index contributed by atoms with van der Waals surface area (Å²) in [7, 11) is 0. The van der Waals surface area contributed by atoms with Crippen LogP contribution in [0.2, 0.25) is 0 Å². The largest absolute Gasteiger partial charge is 0.444 e. The first-order chi connectivity index (χ1) is 8.10. The summed E-state index contributed by atoms with van der Waals surface area (Å²) in [4.78, 5) is 11.6. The van der Waals surface area contributed by atoms with Crippen molar-refractivity contribution in [2.75, 3.05) is 12.3 Å². The first-order valence-corrected chi connectivity index (χ1v) is 5.88. The number of aromatic nitrogens is 2. The first kappa shape index (κ1) is 14.3. The van der Waals surface area contributed by atoms with Gasteiger partial charge in [0.25, 0.3) is 0 Å². The molecule has 0 saturated heterocycles. The number of alkyl carbamates (subject to hydrolysis) is 1. The Balaban J connectivity index is 2.55. The zero-order chi connectivity index (χ0) is 14.0. The molecule has 1 amide bonds. The van der Waals surface area contributed by atoms with Gasteiger partial charge in [-0.2, -0.15) is 5.10 Å². The van der Waals surface area contributed by atoms with Crippen molar-refractivity contribution in [3.8, 4) is 0 Å². The third-order valence-electron chi connectivity index (χ3n) is 2.29. The van der Waals surface area contributed by atoms with Crippen LogP contribution in [0.3, 0.4) is 0 Å². The third kappa shape index (κ3) is 4.27. The zero-order valence-corrected chi connectivity index (χ0v) is 11.7. The molecule has 1 aromatic heterocycles. The van der Waals surface area contributed by atoms with Gasteiger partial charge < -0.3 is 15.8 Å². The van der Waals surface area contributed by atoms with Crippen molar-refractivity contribution < 1.29 is 9.53 Å². The number of amides is 1. The van der Waals surface area contributed by atoms with Gasteiger partial charge in [-0.05, 0) is 34.6 Å². The van der Waals surface area contributed by atoms with Crippen molar-refractivity contribution >= 4 is 11.8 Å². The van der Waals surface area contributed by atoms with Crippen LogP contribution in [0.4, 0.5) is 10.5 Å². The minimum Gasteiger partial charge on any atom is -0.444 e. The topological polar surface area (TPSA) is 82.2 Å². The molecule has 0 aliphatic heterocycles. The Hall–Kier alpha value is -1.72. The number of ether oxygens (including phenoxy) is 1. The Bertz CT molecular complexity index is 418. The average molecular weight is 254 g/mol. The molecular weight excluding hydrogens is 232 g/mol. The fourth-order valence-electron chi connectivity index (χ4n) is 1.35. The zero-order valence-electron chi connectivity index (χ0n) is 11.7. The van der Waals surface area contributed by atoms with Gasteiger partial charge in [-0.1, -0.05) is 0 Å². The number of hydrogen-bond donors (Lipinski definition) is 2. The number of anilines is 1. The monoisotopic (exact) mass is 254 g/mol. The summed E-state index contributed by atoms with van der Waals surface area (Å²) in [6, 6.07) is 0. The molecule has 1 rings (SSSR count). The highest BCUT2D eigenvalue weighted by molar-refractivity contribution is 5.67. The number of nitrogens with two attached hydrogens (primary N) is 1. The highest BCUT2D eigenvalue weighted by atomic mass is 16.6. The lowest BCUT2D eigenvalue weighted by Crippen LogP contribution is -2.43. The van der Waals surface area contributed by atoms with Crippen molar-refractivity contribution in [3.63, 3.8) is 0 Å². The lowest BCUT2D eigenvalue weighted by atomic mass is 10.1. The molecule has 0 spiro atoms. The molecule has 6 nitrogen and oxygen atoms in total. The fourth-order valence-corrected chi connectivity index (χ4v) is 1.35. The second kappa shape index (κ2) is 4.88. The number of nitrogens with zero attached hydrogens (tertiary/aromatic N) is 2. The lowest BCUT2D eigenvalue weighted by molar-refractivity contribution is 0.0506. The Morgan fingerprint density at radius 3 is 2.50 bits per heavy atom. The van der Waals surface area contributed by atoms with Gasteiger partial charge in [0.2, 0.25) is 0 Å². The predicted molar refractivity (Wildman–Crippen MR) is 70.2 cm³/mol. The van der Waals surface area contributed by atoms with Crippen molar-refractivity contribution in [2.45, 2.75) is 45.8 Å². The molecule has 0 atom stereocenters. The van der Waals surface area contributed by atoms with Crippen LogP contribution < -0.4 is 11.1 Å². The van der Waals surface area contributed by atoms with E-state index in [9.17, 15) is 4.79 Å². The van der Waals surface area contributed by atoms with E-state index in [-0.39, 0.29) is 5.54 Å². The molecule has 1 heterocycles. The predicted octanol–water partition coefficient (Wildman–Crippen LogP) is 1.73. The van der Waals surface area contributed by atoms with E-state index >= 15 is 0 Å². The fraction of sp³-hybridized carbons (Fsp3) is 0.667. The molecule has 6 heteroatoms.